The molecule has 3 aromatic rings. The van der Waals surface area contributed by atoms with Gasteiger partial charge in [-0.2, -0.15) is 5.10 Å². The van der Waals surface area contributed by atoms with Crippen molar-refractivity contribution in [2.45, 2.75) is 26.8 Å². The van der Waals surface area contributed by atoms with Gasteiger partial charge in [0.2, 0.25) is 5.91 Å². The summed E-state index contributed by atoms with van der Waals surface area (Å²) in [5, 5.41) is 7.22. The Labute approximate surface area is 203 Å². The molecule has 1 aliphatic heterocycles. The van der Waals surface area contributed by atoms with Crippen LogP contribution in [0.4, 0.5) is 5.82 Å². The second-order valence-electron chi connectivity index (χ2n) is 8.12. The van der Waals surface area contributed by atoms with Crippen molar-refractivity contribution >= 4 is 29.9 Å². The fourth-order valence-corrected chi connectivity index (χ4v) is 4.21. The number of aryl methyl sites for hydroxylation is 1. The Balaban J connectivity index is 1.32. The van der Waals surface area contributed by atoms with Crippen LogP contribution < -0.4 is 4.90 Å². The molecule has 0 bridgehead atoms. The fourth-order valence-electron chi connectivity index (χ4n) is 3.99. The van der Waals surface area contributed by atoms with Gasteiger partial charge in [0.1, 0.15) is 5.82 Å². The van der Waals surface area contributed by atoms with Gasteiger partial charge in [0.15, 0.2) is 10.6 Å². The first kappa shape index (κ1) is 23.6. The second-order valence-corrected chi connectivity index (χ2v) is 8.50. The summed E-state index contributed by atoms with van der Waals surface area (Å²) in [5.74, 6) is 1.24. The molecule has 10 heteroatoms. The molecule has 0 unspecified atom stereocenters. The van der Waals surface area contributed by atoms with E-state index in [9.17, 15) is 9.59 Å². The molecule has 1 N–H and O–H groups in total. The van der Waals surface area contributed by atoms with Crippen molar-refractivity contribution in [1.82, 2.24) is 24.6 Å². The van der Waals surface area contributed by atoms with Crippen LogP contribution in [0.25, 0.3) is 11.4 Å². The van der Waals surface area contributed by atoms with Gasteiger partial charge in [-0.05, 0) is 44.3 Å². The summed E-state index contributed by atoms with van der Waals surface area (Å²) in [5.41, 5.74) is 2.54. The molecule has 4 rings (SSSR count). The van der Waals surface area contributed by atoms with Gasteiger partial charge in [-0.1, -0.05) is 23.8 Å². The smallest absolute Gasteiger partial charge is 0.339 e. The van der Waals surface area contributed by atoms with E-state index in [1.54, 1.807) is 13.0 Å². The van der Waals surface area contributed by atoms with E-state index in [1.807, 2.05) is 40.7 Å². The molecule has 0 atom stereocenters. The lowest BCUT2D eigenvalue weighted by Gasteiger charge is -2.35. The van der Waals surface area contributed by atoms with E-state index in [4.69, 9.17) is 17.0 Å². The third kappa shape index (κ3) is 5.33. The molecule has 0 aliphatic carbocycles. The van der Waals surface area contributed by atoms with Gasteiger partial charge >= 0.3 is 5.97 Å². The Morgan fingerprint density at radius 2 is 1.94 bits per heavy atom. The zero-order chi connectivity index (χ0) is 24.1. The predicted octanol–water partition coefficient (Wildman–Crippen LogP) is 3.23. The van der Waals surface area contributed by atoms with Gasteiger partial charge in [-0.3, -0.25) is 14.5 Å². The monoisotopic (exact) mass is 480 g/mol. The topological polar surface area (TPSA) is 96.4 Å². The van der Waals surface area contributed by atoms with Crippen molar-refractivity contribution in [1.29, 1.82) is 0 Å². The minimum atomic E-state index is -0.375. The summed E-state index contributed by atoms with van der Waals surface area (Å²) in [6, 6.07) is 11.6. The Hall–Kier alpha value is -3.53. The lowest BCUT2D eigenvalue weighted by atomic mass is 10.1. The molecular formula is C24H28N6O3S. The maximum Gasteiger partial charge on any atom is 0.339 e. The summed E-state index contributed by atoms with van der Waals surface area (Å²) in [6.07, 6.45) is 1.88. The van der Waals surface area contributed by atoms with E-state index in [2.05, 4.69) is 26.1 Å². The second kappa shape index (κ2) is 10.6. The number of carbonyl (C=O) groups excluding carboxylic acids is 2. The number of carbonyl (C=O) groups is 2. The van der Waals surface area contributed by atoms with E-state index < -0.39 is 0 Å². The standard InChI is InChI=1S/C24H28N6O3S/c1-3-33-23(32)19-7-8-20(25-16-19)28-11-13-29(14-12-28)21(31)9-10-30-22(26-27-24(30)34)18-6-4-5-17(2)15-18/h4-8,15-16H,3,9-14H2,1-2H3,(H,27,34). The van der Waals surface area contributed by atoms with Crippen LogP contribution in [0.5, 0.6) is 0 Å². The molecule has 1 saturated heterocycles. The fraction of sp³-hybridized carbons (Fsp3) is 0.375. The Bertz CT molecular complexity index is 1210. The summed E-state index contributed by atoms with van der Waals surface area (Å²) < 4.78 is 7.39. The highest BCUT2D eigenvalue weighted by molar-refractivity contribution is 7.71. The first-order valence-electron chi connectivity index (χ1n) is 11.3. The first-order valence-corrected chi connectivity index (χ1v) is 11.7. The van der Waals surface area contributed by atoms with Gasteiger partial charge < -0.3 is 14.5 Å². The van der Waals surface area contributed by atoms with Crippen LogP contribution in [-0.2, 0) is 16.1 Å². The van der Waals surface area contributed by atoms with Crippen LogP contribution in [0.3, 0.4) is 0 Å². The molecule has 34 heavy (non-hydrogen) atoms. The largest absolute Gasteiger partial charge is 0.462 e. The molecule has 0 saturated carbocycles. The van der Waals surface area contributed by atoms with Crippen molar-refractivity contribution < 1.29 is 14.3 Å². The molecule has 1 amide bonds. The SMILES string of the molecule is CCOC(=O)c1ccc(N2CCN(C(=O)CCn3c(-c4cccc(C)c4)n[nH]c3=S)CC2)nc1. The Kier molecular flexibility index (Phi) is 7.36. The molecule has 0 radical (unpaired) electrons. The highest BCUT2D eigenvalue weighted by Gasteiger charge is 2.22. The lowest BCUT2D eigenvalue weighted by Crippen LogP contribution is -2.49. The minimum absolute atomic E-state index is 0.0866. The predicted molar refractivity (Wildman–Crippen MR) is 131 cm³/mol. The first-order chi connectivity index (χ1) is 16.5. The van der Waals surface area contributed by atoms with Crippen LogP contribution in [-0.4, -0.2) is 69.3 Å². The molecule has 1 fully saturated rings. The lowest BCUT2D eigenvalue weighted by molar-refractivity contribution is -0.131. The maximum absolute atomic E-state index is 12.9. The Morgan fingerprint density at radius 3 is 2.62 bits per heavy atom. The van der Waals surface area contributed by atoms with Gasteiger partial charge in [0.25, 0.3) is 0 Å². The highest BCUT2D eigenvalue weighted by atomic mass is 32.1. The number of H-pyrrole nitrogens is 1. The van der Waals surface area contributed by atoms with Gasteiger partial charge in [0, 0.05) is 50.9 Å². The van der Waals surface area contributed by atoms with E-state index in [0.29, 0.717) is 56.1 Å². The van der Waals surface area contributed by atoms with Crippen LogP contribution in [0, 0.1) is 11.7 Å². The molecule has 178 valence electrons. The van der Waals surface area contributed by atoms with Crippen LogP contribution in [0.2, 0.25) is 0 Å². The average molecular weight is 481 g/mol. The Morgan fingerprint density at radius 1 is 1.15 bits per heavy atom. The zero-order valence-corrected chi connectivity index (χ0v) is 20.2. The number of anilines is 1. The summed E-state index contributed by atoms with van der Waals surface area (Å²) >= 11 is 5.40. The van der Waals surface area contributed by atoms with Crippen molar-refractivity contribution in [2.75, 3.05) is 37.7 Å². The number of piperazine rings is 1. The highest BCUT2D eigenvalue weighted by Crippen LogP contribution is 2.20. The van der Waals surface area contributed by atoms with E-state index in [0.717, 1.165) is 22.8 Å². The van der Waals surface area contributed by atoms with E-state index in [-0.39, 0.29) is 11.9 Å². The number of nitrogens with one attached hydrogen (secondary N) is 1. The number of hydrogen-bond donors (Lipinski definition) is 1. The number of amides is 1. The van der Waals surface area contributed by atoms with Crippen molar-refractivity contribution in [3.8, 4) is 11.4 Å². The van der Waals surface area contributed by atoms with Crippen molar-refractivity contribution in [3.05, 3.63) is 58.5 Å². The summed E-state index contributed by atoms with van der Waals surface area (Å²) in [6.45, 7) is 7.18. The van der Waals surface area contributed by atoms with Crippen molar-refractivity contribution in [2.24, 2.45) is 0 Å². The number of aromatic nitrogens is 4. The number of hydrogen-bond acceptors (Lipinski definition) is 7. The number of esters is 1. The molecular weight excluding hydrogens is 452 g/mol. The van der Waals surface area contributed by atoms with E-state index >= 15 is 0 Å². The van der Waals surface area contributed by atoms with Gasteiger partial charge in [-0.15, -0.1) is 0 Å². The molecule has 9 nitrogen and oxygen atoms in total. The number of rotatable bonds is 7. The van der Waals surface area contributed by atoms with Gasteiger partial charge in [0.05, 0.1) is 12.2 Å². The molecule has 1 aliphatic rings. The summed E-state index contributed by atoms with van der Waals surface area (Å²) in [7, 11) is 0. The van der Waals surface area contributed by atoms with Crippen LogP contribution in [0.1, 0.15) is 29.3 Å². The number of pyridine rings is 1. The average Bonchev–Trinajstić information content (AvgIpc) is 3.23. The minimum Gasteiger partial charge on any atom is -0.462 e. The van der Waals surface area contributed by atoms with Crippen LogP contribution >= 0.6 is 12.2 Å². The normalized spacial score (nSPS) is 13.7. The third-order valence-corrected chi connectivity index (χ3v) is 6.11. The van der Waals surface area contributed by atoms with E-state index in [1.165, 1.54) is 6.20 Å². The van der Waals surface area contributed by atoms with Gasteiger partial charge in [-0.25, -0.2) is 9.78 Å². The molecule has 0 spiro atoms. The third-order valence-electron chi connectivity index (χ3n) is 5.80. The quantitative estimate of drug-likeness (QED) is 0.410. The van der Waals surface area contributed by atoms with Crippen LogP contribution in [0.15, 0.2) is 42.6 Å². The number of aromatic amines is 1. The number of benzene rings is 1. The molecule has 3 heterocycles. The molecule has 1 aromatic carbocycles. The summed E-state index contributed by atoms with van der Waals surface area (Å²) in [4.78, 5) is 33.1. The zero-order valence-electron chi connectivity index (χ0n) is 19.4. The number of ether oxygens (including phenoxy) is 1. The molecule has 2 aromatic heterocycles. The maximum atomic E-state index is 12.9. The number of nitrogens with zero attached hydrogens (tertiary/aromatic N) is 5. The van der Waals surface area contributed by atoms with Crippen molar-refractivity contribution in [3.63, 3.8) is 0 Å².